The molecule has 9 heteroatoms. The van der Waals surface area contributed by atoms with E-state index in [-0.39, 0.29) is 17.4 Å². The fraction of sp³-hybridized carbons (Fsp3) is 0.154. The lowest BCUT2D eigenvalue weighted by molar-refractivity contribution is -0.117. The lowest BCUT2D eigenvalue weighted by atomic mass is 10.0. The van der Waals surface area contributed by atoms with Crippen molar-refractivity contribution in [1.82, 2.24) is 24.3 Å². The summed E-state index contributed by atoms with van der Waals surface area (Å²) in [4.78, 5) is 21.6. The van der Waals surface area contributed by atoms with Crippen LogP contribution in [0.3, 0.4) is 0 Å². The number of hydrogen-bond acceptors (Lipinski definition) is 4. The molecule has 1 aliphatic carbocycles. The van der Waals surface area contributed by atoms with Gasteiger partial charge in [-0.2, -0.15) is 5.10 Å². The third-order valence-electron chi connectivity index (χ3n) is 6.08. The Morgan fingerprint density at radius 2 is 1.86 bits per heavy atom. The number of nitrogens with one attached hydrogen (secondary N) is 1. The molecule has 2 aromatic carbocycles. The summed E-state index contributed by atoms with van der Waals surface area (Å²) in [7, 11) is 1.85. The smallest absolute Gasteiger partial charge is 0.227 e. The van der Waals surface area contributed by atoms with E-state index in [1.807, 2.05) is 19.3 Å². The summed E-state index contributed by atoms with van der Waals surface area (Å²) in [5.74, 6) is -1.40. The highest BCUT2D eigenvalue weighted by molar-refractivity contribution is 5.95. The highest BCUT2D eigenvalue weighted by atomic mass is 19.1. The number of anilines is 1. The van der Waals surface area contributed by atoms with Gasteiger partial charge in [0.25, 0.3) is 0 Å². The highest BCUT2D eigenvalue weighted by Gasteiger charge is 2.29. The van der Waals surface area contributed by atoms with Gasteiger partial charge in [0.15, 0.2) is 5.65 Å². The SMILES string of the molecule is Cn1cc(-c2cnc3c(c2)ncn3-c2cc(NC(=O)C3CC3)cc(-c3ccc(F)cc3F)c2)cn1. The largest absolute Gasteiger partial charge is 0.326 e. The van der Waals surface area contributed by atoms with Crippen LogP contribution in [-0.4, -0.2) is 30.2 Å². The first-order chi connectivity index (χ1) is 16.9. The Kier molecular flexibility index (Phi) is 4.91. The minimum absolute atomic E-state index is 0.00584. The molecular formula is C26H20F2N6O. The number of carbonyl (C=O) groups excluding carboxylic acids is 1. The van der Waals surface area contributed by atoms with Crippen LogP contribution in [0, 0.1) is 17.6 Å². The van der Waals surface area contributed by atoms with Gasteiger partial charge in [0.05, 0.1) is 11.9 Å². The van der Waals surface area contributed by atoms with E-state index in [2.05, 4.69) is 20.4 Å². The third kappa shape index (κ3) is 4.05. The molecule has 0 bridgehead atoms. The molecule has 5 aromatic rings. The molecule has 3 heterocycles. The number of imidazole rings is 1. The zero-order chi connectivity index (χ0) is 24.1. The van der Waals surface area contributed by atoms with Crippen LogP contribution >= 0.6 is 0 Å². The summed E-state index contributed by atoms with van der Waals surface area (Å²) in [6, 6.07) is 10.6. The molecule has 35 heavy (non-hydrogen) atoms. The number of halogens is 2. The molecule has 0 radical (unpaired) electrons. The maximum atomic E-state index is 14.6. The van der Waals surface area contributed by atoms with E-state index in [0.29, 0.717) is 28.1 Å². The van der Waals surface area contributed by atoms with Crippen molar-refractivity contribution in [2.45, 2.75) is 12.8 Å². The van der Waals surface area contributed by atoms with Crippen LogP contribution < -0.4 is 5.32 Å². The number of rotatable bonds is 5. The van der Waals surface area contributed by atoms with Gasteiger partial charge in [0.1, 0.15) is 23.5 Å². The number of carbonyl (C=O) groups is 1. The van der Waals surface area contributed by atoms with Crippen molar-refractivity contribution in [3.05, 3.63) is 79.0 Å². The van der Waals surface area contributed by atoms with Crippen LogP contribution in [0.4, 0.5) is 14.5 Å². The van der Waals surface area contributed by atoms with Gasteiger partial charge in [-0.3, -0.25) is 14.0 Å². The standard InChI is InChI=1S/C26H20F2N6O/c1-33-13-18(12-31-33)17-8-24-25(29-11-17)34(14-30-24)21-7-16(22-5-4-19(27)9-23(22)28)6-20(10-21)32-26(35)15-2-3-15/h4-15H,2-3H2,1H3,(H,32,35). The Labute approximate surface area is 199 Å². The summed E-state index contributed by atoms with van der Waals surface area (Å²) in [5.41, 5.74) is 4.98. The third-order valence-corrected chi connectivity index (χ3v) is 6.08. The van der Waals surface area contributed by atoms with E-state index >= 15 is 0 Å². The van der Waals surface area contributed by atoms with Gasteiger partial charge in [0.2, 0.25) is 5.91 Å². The summed E-state index contributed by atoms with van der Waals surface area (Å²) < 4.78 is 31.7. The lowest BCUT2D eigenvalue weighted by Crippen LogP contribution is -2.13. The molecule has 1 aliphatic rings. The molecule has 3 aromatic heterocycles. The van der Waals surface area contributed by atoms with Crippen molar-refractivity contribution in [2.24, 2.45) is 13.0 Å². The molecule has 1 saturated carbocycles. The number of fused-ring (bicyclic) bond motifs is 1. The predicted octanol–water partition coefficient (Wildman–Crippen LogP) is 5.11. The average Bonchev–Trinajstić information content (AvgIpc) is 3.47. The number of nitrogens with zero attached hydrogens (tertiary/aromatic N) is 5. The quantitative estimate of drug-likeness (QED) is 0.387. The molecule has 0 saturated heterocycles. The van der Waals surface area contributed by atoms with E-state index in [1.165, 1.54) is 12.1 Å². The molecule has 1 fully saturated rings. The van der Waals surface area contributed by atoms with E-state index in [4.69, 9.17) is 0 Å². The zero-order valence-electron chi connectivity index (χ0n) is 18.7. The Hall–Kier alpha value is -4.40. The van der Waals surface area contributed by atoms with Crippen molar-refractivity contribution < 1.29 is 13.6 Å². The fourth-order valence-corrected chi connectivity index (χ4v) is 4.11. The number of pyridine rings is 1. The van der Waals surface area contributed by atoms with Crippen molar-refractivity contribution in [3.8, 4) is 27.9 Å². The molecule has 0 spiro atoms. The minimum Gasteiger partial charge on any atom is -0.326 e. The first-order valence-electron chi connectivity index (χ1n) is 11.2. The van der Waals surface area contributed by atoms with Crippen LogP contribution in [0.5, 0.6) is 0 Å². The van der Waals surface area contributed by atoms with Crippen molar-refractivity contribution in [3.63, 3.8) is 0 Å². The van der Waals surface area contributed by atoms with E-state index < -0.39 is 11.6 Å². The van der Waals surface area contributed by atoms with Crippen LogP contribution in [0.15, 0.2) is 67.4 Å². The number of amides is 1. The van der Waals surface area contributed by atoms with Gasteiger partial charge >= 0.3 is 0 Å². The Balaban J connectivity index is 1.45. The van der Waals surface area contributed by atoms with Crippen LogP contribution in [0.1, 0.15) is 12.8 Å². The van der Waals surface area contributed by atoms with E-state index in [9.17, 15) is 13.6 Å². The average molecular weight is 470 g/mol. The first-order valence-corrected chi connectivity index (χ1v) is 11.2. The van der Waals surface area contributed by atoms with Crippen LogP contribution in [0.25, 0.3) is 39.1 Å². The van der Waals surface area contributed by atoms with E-state index in [1.54, 1.807) is 46.2 Å². The fourth-order valence-electron chi connectivity index (χ4n) is 4.11. The van der Waals surface area contributed by atoms with Gasteiger partial charge in [-0.15, -0.1) is 0 Å². The normalized spacial score (nSPS) is 13.3. The number of aryl methyl sites for hydroxylation is 1. The molecule has 0 atom stereocenters. The number of benzene rings is 2. The molecule has 1 amide bonds. The molecule has 0 aliphatic heterocycles. The van der Waals surface area contributed by atoms with Crippen molar-refractivity contribution in [2.75, 3.05) is 5.32 Å². The monoisotopic (exact) mass is 470 g/mol. The Bertz CT molecular complexity index is 1600. The second-order valence-electron chi connectivity index (χ2n) is 8.74. The van der Waals surface area contributed by atoms with Gasteiger partial charge < -0.3 is 5.32 Å². The minimum atomic E-state index is -0.684. The first kappa shape index (κ1) is 21.2. The summed E-state index contributed by atoms with van der Waals surface area (Å²) in [5, 5.41) is 7.13. The lowest BCUT2D eigenvalue weighted by Gasteiger charge is -2.13. The van der Waals surface area contributed by atoms with E-state index in [0.717, 1.165) is 30.0 Å². The van der Waals surface area contributed by atoms with Crippen molar-refractivity contribution >= 4 is 22.8 Å². The van der Waals surface area contributed by atoms with Gasteiger partial charge in [-0.25, -0.2) is 18.7 Å². The highest BCUT2D eigenvalue weighted by Crippen LogP contribution is 2.33. The Morgan fingerprint density at radius 1 is 1.00 bits per heavy atom. The predicted molar refractivity (Wildman–Crippen MR) is 128 cm³/mol. The second-order valence-corrected chi connectivity index (χ2v) is 8.74. The summed E-state index contributed by atoms with van der Waals surface area (Å²) in [6.45, 7) is 0. The Morgan fingerprint density at radius 3 is 2.60 bits per heavy atom. The van der Waals surface area contributed by atoms with Gasteiger partial charge in [0, 0.05) is 53.8 Å². The summed E-state index contributed by atoms with van der Waals surface area (Å²) in [6.07, 6.45) is 8.76. The topological polar surface area (TPSA) is 77.6 Å². The van der Waals surface area contributed by atoms with Crippen LogP contribution in [-0.2, 0) is 11.8 Å². The molecule has 6 rings (SSSR count). The maximum Gasteiger partial charge on any atom is 0.227 e. The molecular weight excluding hydrogens is 450 g/mol. The number of aromatic nitrogens is 5. The van der Waals surface area contributed by atoms with Gasteiger partial charge in [-0.1, -0.05) is 0 Å². The van der Waals surface area contributed by atoms with Crippen molar-refractivity contribution in [1.29, 1.82) is 0 Å². The summed E-state index contributed by atoms with van der Waals surface area (Å²) >= 11 is 0. The molecule has 1 N–H and O–H groups in total. The number of hydrogen-bond donors (Lipinski definition) is 1. The molecule has 0 unspecified atom stereocenters. The van der Waals surface area contributed by atoms with Gasteiger partial charge in [-0.05, 0) is 54.8 Å². The second kappa shape index (κ2) is 8.12. The maximum absolute atomic E-state index is 14.6. The molecule has 174 valence electrons. The zero-order valence-corrected chi connectivity index (χ0v) is 18.7. The van der Waals surface area contributed by atoms with Crippen LogP contribution in [0.2, 0.25) is 0 Å². The molecule has 7 nitrogen and oxygen atoms in total.